The number of amides is 1. The van der Waals surface area contributed by atoms with Gasteiger partial charge in [-0.05, 0) is 34.2 Å². The molecular formula is C13H17BrN6O3. The molecule has 2 aromatic heterocycles. The van der Waals surface area contributed by atoms with Gasteiger partial charge >= 0.3 is 5.82 Å². The predicted molar refractivity (Wildman–Crippen MR) is 85.7 cm³/mol. The lowest BCUT2D eigenvalue weighted by Crippen LogP contribution is -2.33. The fourth-order valence-electron chi connectivity index (χ4n) is 2.27. The first kappa shape index (κ1) is 17.1. The van der Waals surface area contributed by atoms with Crippen LogP contribution in [0.4, 0.5) is 5.82 Å². The third kappa shape index (κ3) is 3.58. The maximum atomic E-state index is 12.4. The highest BCUT2D eigenvalue weighted by atomic mass is 79.9. The molecule has 1 unspecified atom stereocenters. The number of carbonyl (C=O) groups is 1. The van der Waals surface area contributed by atoms with Gasteiger partial charge in [-0.25, -0.2) is 0 Å². The van der Waals surface area contributed by atoms with Gasteiger partial charge in [-0.1, -0.05) is 6.92 Å². The van der Waals surface area contributed by atoms with E-state index in [1.165, 1.54) is 10.7 Å². The second-order valence-corrected chi connectivity index (χ2v) is 5.90. The van der Waals surface area contributed by atoms with Crippen molar-refractivity contribution in [2.24, 2.45) is 7.05 Å². The molecule has 1 atom stereocenters. The largest absolute Gasteiger partial charge is 0.390 e. The minimum absolute atomic E-state index is 0.248. The molecule has 23 heavy (non-hydrogen) atoms. The molecule has 124 valence electrons. The van der Waals surface area contributed by atoms with Gasteiger partial charge in [-0.2, -0.15) is 9.78 Å². The van der Waals surface area contributed by atoms with Crippen molar-refractivity contribution in [2.75, 3.05) is 0 Å². The van der Waals surface area contributed by atoms with Crippen LogP contribution >= 0.6 is 15.9 Å². The highest BCUT2D eigenvalue weighted by Gasteiger charge is 2.27. The Morgan fingerprint density at radius 1 is 1.57 bits per heavy atom. The summed E-state index contributed by atoms with van der Waals surface area (Å²) >= 11 is 3.37. The summed E-state index contributed by atoms with van der Waals surface area (Å²) in [6.45, 7) is 3.82. The molecule has 0 aliphatic heterocycles. The standard InChI is InChI=1S/C13H17BrN6O3/c1-4-10(19-8(2)5-12(17-19)20(22)23)13(21)15-7-11-9(14)6-16-18(11)3/h5-6,10H,4,7H2,1-3H3,(H,15,21). The molecule has 2 rings (SSSR count). The van der Waals surface area contributed by atoms with Crippen molar-refractivity contribution in [1.82, 2.24) is 24.9 Å². The third-order valence-electron chi connectivity index (χ3n) is 3.52. The SMILES string of the molecule is CCC(C(=O)NCc1c(Br)cnn1C)n1nc([N+](=O)[O-])cc1C. The van der Waals surface area contributed by atoms with E-state index in [4.69, 9.17) is 0 Å². The van der Waals surface area contributed by atoms with Crippen LogP contribution in [-0.4, -0.2) is 30.4 Å². The van der Waals surface area contributed by atoms with E-state index in [0.29, 0.717) is 18.7 Å². The van der Waals surface area contributed by atoms with Gasteiger partial charge in [0.1, 0.15) is 0 Å². The first-order valence-electron chi connectivity index (χ1n) is 6.99. The average Bonchev–Trinajstić information content (AvgIpc) is 3.02. The number of nitro groups is 1. The van der Waals surface area contributed by atoms with Crippen LogP contribution in [0.2, 0.25) is 0 Å². The monoisotopic (exact) mass is 384 g/mol. The molecule has 0 aliphatic carbocycles. The number of aromatic nitrogens is 4. The Bertz CT molecular complexity index is 719. The molecule has 0 aliphatic rings. The molecule has 0 radical (unpaired) electrons. The number of hydrogen-bond donors (Lipinski definition) is 1. The van der Waals surface area contributed by atoms with Crippen LogP contribution in [0.3, 0.4) is 0 Å². The zero-order chi connectivity index (χ0) is 17.1. The zero-order valence-corrected chi connectivity index (χ0v) is 14.6. The Kier molecular flexibility index (Phi) is 5.14. The van der Waals surface area contributed by atoms with Crippen LogP contribution in [0, 0.1) is 17.0 Å². The maximum absolute atomic E-state index is 12.4. The van der Waals surface area contributed by atoms with Crippen molar-refractivity contribution in [3.63, 3.8) is 0 Å². The summed E-state index contributed by atoms with van der Waals surface area (Å²) in [4.78, 5) is 22.7. The number of hydrogen-bond acceptors (Lipinski definition) is 5. The number of nitrogens with one attached hydrogen (secondary N) is 1. The lowest BCUT2D eigenvalue weighted by molar-refractivity contribution is -0.389. The van der Waals surface area contributed by atoms with Crippen LogP contribution in [-0.2, 0) is 18.4 Å². The summed E-state index contributed by atoms with van der Waals surface area (Å²) in [6.07, 6.45) is 2.12. The van der Waals surface area contributed by atoms with E-state index >= 15 is 0 Å². The molecule has 0 bridgehead atoms. The average molecular weight is 385 g/mol. The van der Waals surface area contributed by atoms with Gasteiger partial charge in [0, 0.05) is 7.05 Å². The van der Waals surface area contributed by atoms with Gasteiger partial charge in [-0.15, -0.1) is 0 Å². The maximum Gasteiger partial charge on any atom is 0.390 e. The van der Waals surface area contributed by atoms with Gasteiger partial charge < -0.3 is 15.4 Å². The second kappa shape index (κ2) is 6.90. The first-order chi connectivity index (χ1) is 10.8. The van der Waals surface area contributed by atoms with E-state index in [0.717, 1.165) is 10.2 Å². The molecule has 0 saturated heterocycles. The summed E-state index contributed by atoms with van der Waals surface area (Å²) < 4.78 is 3.86. The Hall–Kier alpha value is -2.23. The Labute approximate surface area is 140 Å². The Morgan fingerprint density at radius 3 is 2.74 bits per heavy atom. The van der Waals surface area contributed by atoms with Gasteiger partial charge in [0.2, 0.25) is 5.91 Å². The van der Waals surface area contributed by atoms with Crippen molar-refractivity contribution < 1.29 is 9.72 Å². The molecule has 0 fully saturated rings. The minimum atomic E-state index is -0.601. The third-order valence-corrected chi connectivity index (χ3v) is 4.18. The number of carbonyl (C=O) groups excluding carboxylic acids is 1. The molecule has 0 aromatic carbocycles. The molecular weight excluding hydrogens is 368 g/mol. The highest BCUT2D eigenvalue weighted by molar-refractivity contribution is 9.10. The van der Waals surface area contributed by atoms with Crippen molar-refractivity contribution in [3.05, 3.63) is 38.2 Å². The van der Waals surface area contributed by atoms with Gasteiger partial charge in [0.25, 0.3) is 0 Å². The van der Waals surface area contributed by atoms with E-state index < -0.39 is 11.0 Å². The van der Waals surface area contributed by atoms with Crippen molar-refractivity contribution in [2.45, 2.75) is 32.9 Å². The molecule has 0 saturated carbocycles. The number of halogens is 1. The van der Waals surface area contributed by atoms with Crippen molar-refractivity contribution in [1.29, 1.82) is 0 Å². The summed E-state index contributed by atoms with van der Waals surface area (Å²) in [5.41, 5.74) is 1.40. The molecule has 1 N–H and O–H groups in total. The van der Waals surface area contributed by atoms with Gasteiger partial charge in [-0.3, -0.25) is 9.48 Å². The molecule has 9 nitrogen and oxygen atoms in total. The van der Waals surface area contributed by atoms with E-state index in [1.807, 2.05) is 6.92 Å². The van der Waals surface area contributed by atoms with E-state index in [9.17, 15) is 14.9 Å². The van der Waals surface area contributed by atoms with Gasteiger partial charge in [0.15, 0.2) is 6.04 Å². The second-order valence-electron chi connectivity index (χ2n) is 5.05. The van der Waals surface area contributed by atoms with Crippen LogP contribution in [0.1, 0.15) is 30.8 Å². The van der Waals surface area contributed by atoms with E-state index in [-0.39, 0.29) is 11.7 Å². The quantitative estimate of drug-likeness (QED) is 0.603. The smallest absolute Gasteiger partial charge is 0.358 e. The number of rotatable bonds is 6. The fourth-order valence-corrected chi connectivity index (χ4v) is 2.76. The summed E-state index contributed by atoms with van der Waals surface area (Å²) in [7, 11) is 1.78. The lowest BCUT2D eigenvalue weighted by atomic mass is 10.2. The molecule has 1 amide bonds. The summed E-state index contributed by atoms with van der Waals surface area (Å²) in [6, 6.07) is 0.754. The van der Waals surface area contributed by atoms with Crippen molar-refractivity contribution in [3.8, 4) is 0 Å². The fraction of sp³-hybridized carbons (Fsp3) is 0.462. The summed E-state index contributed by atoms with van der Waals surface area (Å²) in [5, 5.41) is 21.6. The van der Waals surface area contributed by atoms with Gasteiger partial charge in [0.05, 0.1) is 39.8 Å². The highest BCUT2D eigenvalue weighted by Crippen LogP contribution is 2.20. The van der Waals surface area contributed by atoms with Crippen LogP contribution in [0.15, 0.2) is 16.7 Å². The van der Waals surface area contributed by atoms with Crippen LogP contribution in [0.25, 0.3) is 0 Å². The van der Waals surface area contributed by atoms with Crippen LogP contribution in [0.5, 0.6) is 0 Å². The van der Waals surface area contributed by atoms with Crippen molar-refractivity contribution >= 4 is 27.7 Å². The lowest BCUT2D eigenvalue weighted by Gasteiger charge is -2.14. The topological polar surface area (TPSA) is 108 Å². The molecule has 10 heteroatoms. The Balaban J connectivity index is 2.14. The minimum Gasteiger partial charge on any atom is -0.358 e. The molecule has 0 spiro atoms. The van der Waals surface area contributed by atoms with Crippen LogP contribution < -0.4 is 5.32 Å². The predicted octanol–water partition coefficient (Wildman–Crippen LogP) is 1.86. The van der Waals surface area contributed by atoms with E-state index in [2.05, 4.69) is 31.4 Å². The first-order valence-corrected chi connectivity index (χ1v) is 7.79. The number of aryl methyl sites for hydroxylation is 2. The normalized spacial score (nSPS) is 12.2. The van der Waals surface area contributed by atoms with E-state index in [1.54, 1.807) is 24.9 Å². The Morgan fingerprint density at radius 2 is 2.26 bits per heavy atom. The summed E-state index contributed by atoms with van der Waals surface area (Å²) in [5.74, 6) is -0.509. The molecule has 2 heterocycles. The molecule has 2 aromatic rings. The number of nitrogens with zero attached hydrogens (tertiary/aromatic N) is 5. The zero-order valence-electron chi connectivity index (χ0n) is 13.0.